The largest absolute Gasteiger partial charge is 0.352 e. The Morgan fingerprint density at radius 2 is 2.19 bits per heavy atom. The number of fused-ring (bicyclic) bond motifs is 2. The maximum atomic E-state index is 12.6. The second kappa shape index (κ2) is 7.37. The molecule has 2 aromatic rings. The van der Waals surface area contributed by atoms with Crippen LogP contribution < -0.4 is 5.32 Å². The molecule has 7 heteroatoms. The number of piperidine rings is 1. The molecule has 1 amide bonds. The number of nitrogens with zero attached hydrogens (tertiary/aromatic N) is 3. The number of aryl methyl sites for hydroxylation is 1. The van der Waals surface area contributed by atoms with Gasteiger partial charge >= 0.3 is 0 Å². The van der Waals surface area contributed by atoms with Crippen molar-refractivity contribution in [3.63, 3.8) is 0 Å². The van der Waals surface area contributed by atoms with Gasteiger partial charge in [-0.05, 0) is 45.7 Å². The molecule has 1 fully saturated rings. The molecule has 1 atom stereocenters. The zero-order chi connectivity index (χ0) is 19.0. The van der Waals surface area contributed by atoms with E-state index in [-0.39, 0.29) is 11.9 Å². The first kappa shape index (κ1) is 18.7. The fraction of sp³-hybridized carbons (Fsp3) is 0.600. The van der Waals surface area contributed by atoms with Crippen molar-refractivity contribution >= 4 is 17.2 Å². The smallest absolute Gasteiger partial charge is 0.251 e. The van der Waals surface area contributed by atoms with E-state index in [0.29, 0.717) is 6.54 Å². The Balaban J connectivity index is 1.48. The predicted molar refractivity (Wildman–Crippen MR) is 106 cm³/mol. The van der Waals surface area contributed by atoms with E-state index in [1.165, 1.54) is 9.75 Å². The van der Waals surface area contributed by atoms with Crippen LogP contribution >= 0.6 is 11.3 Å². The lowest BCUT2D eigenvalue weighted by molar-refractivity contribution is -0.174. The Hall–Kier alpha value is -1.70. The van der Waals surface area contributed by atoms with Gasteiger partial charge in [-0.1, -0.05) is 0 Å². The third-order valence-corrected chi connectivity index (χ3v) is 6.40. The normalized spacial score (nSPS) is 22.1. The number of likely N-dealkylation sites (tertiary alicyclic amines) is 1. The highest BCUT2D eigenvalue weighted by molar-refractivity contribution is 7.11. The van der Waals surface area contributed by atoms with E-state index in [0.717, 1.165) is 38.3 Å². The zero-order valence-corrected chi connectivity index (χ0v) is 17.1. The molecule has 0 radical (unpaired) electrons. The molecule has 2 aliphatic rings. The number of nitrogens with one attached hydrogen (secondary N) is 1. The van der Waals surface area contributed by atoms with Gasteiger partial charge in [0.25, 0.3) is 5.91 Å². The van der Waals surface area contributed by atoms with Gasteiger partial charge in [-0.15, -0.1) is 11.3 Å². The van der Waals surface area contributed by atoms with Gasteiger partial charge in [0.15, 0.2) is 6.10 Å². The first-order valence-corrected chi connectivity index (χ1v) is 10.5. The van der Waals surface area contributed by atoms with Crippen molar-refractivity contribution in [2.45, 2.75) is 64.4 Å². The van der Waals surface area contributed by atoms with Gasteiger partial charge in [-0.25, -0.2) is 4.98 Å². The van der Waals surface area contributed by atoms with E-state index >= 15 is 0 Å². The molecule has 2 aromatic heterocycles. The highest BCUT2D eigenvalue weighted by Crippen LogP contribution is 2.40. The van der Waals surface area contributed by atoms with E-state index in [1.807, 2.05) is 37.6 Å². The summed E-state index contributed by atoms with van der Waals surface area (Å²) in [5, 5.41) is 2.99. The molecule has 146 valence electrons. The Bertz CT molecular complexity index is 805. The topological polar surface area (TPSA) is 59.4 Å². The lowest BCUT2D eigenvalue weighted by atomic mass is 9.88. The van der Waals surface area contributed by atoms with Gasteiger partial charge in [0.05, 0.1) is 6.54 Å². The number of ether oxygens (including phenoxy) is 1. The van der Waals surface area contributed by atoms with Gasteiger partial charge in [-0.3, -0.25) is 9.69 Å². The van der Waals surface area contributed by atoms with Crippen molar-refractivity contribution in [3.05, 3.63) is 40.1 Å². The quantitative estimate of drug-likeness (QED) is 0.875. The standard InChI is InChI=1S/C20H28N4O2S/c1-14(2)22-18(25)17-13-24-11-8-21-19(24)20(26-17)6-9-23(10-7-20)12-16-5-4-15(3)27-16/h4-5,8,11,14,17H,6-7,9-10,12-13H2,1-3H3,(H,22,25)/t17-/m1/s1. The molecule has 0 bridgehead atoms. The molecule has 0 saturated carbocycles. The fourth-order valence-corrected chi connectivity index (χ4v) is 5.05. The summed E-state index contributed by atoms with van der Waals surface area (Å²) in [7, 11) is 0. The number of hydrogen-bond donors (Lipinski definition) is 1. The van der Waals surface area contributed by atoms with Crippen molar-refractivity contribution in [1.82, 2.24) is 19.8 Å². The van der Waals surface area contributed by atoms with Crippen LogP contribution in [0.2, 0.25) is 0 Å². The maximum absolute atomic E-state index is 12.6. The van der Waals surface area contributed by atoms with Crippen LogP contribution in [0, 0.1) is 6.92 Å². The first-order chi connectivity index (χ1) is 12.9. The van der Waals surface area contributed by atoms with E-state index in [9.17, 15) is 4.79 Å². The Morgan fingerprint density at radius 3 is 2.85 bits per heavy atom. The van der Waals surface area contributed by atoms with Crippen LogP contribution in [0.4, 0.5) is 0 Å². The average Bonchev–Trinajstić information content (AvgIpc) is 3.26. The van der Waals surface area contributed by atoms with Crippen LogP contribution in [-0.4, -0.2) is 45.6 Å². The maximum Gasteiger partial charge on any atom is 0.251 e. The lowest BCUT2D eigenvalue weighted by Crippen LogP contribution is -2.54. The second-order valence-corrected chi connectivity index (χ2v) is 9.33. The van der Waals surface area contributed by atoms with Crippen molar-refractivity contribution in [3.8, 4) is 0 Å². The molecular weight excluding hydrogens is 360 g/mol. The molecule has 0 aromatic carbocycles. The molecule has 2 aliphatic heterocycles. The lowest BCUT2D eigenvalue weighted by Gasteiger charge is -2.45. The summed E-state index contributed by atoms with van der Waals surface area (Å²) in [4.78, 5) is 22.4. The zero-order valence-electron chi connectivity index (χ0n) is 16.3. The minimum Gasteiger partial charge on any atom is -0.352 e. The molecule has 6 nitrogen and oxygen atoms in total. The van der Waals surface area contributed by atoms with Crippen LogP contribution in [-0.2, 0) is 28.2 Å². The molecule has 4 heterocycles. The second-order valence-electron chi connectivity index (χ2n) is 7.96. The summed E-state index contributed by atoms with van der Waals surface area (Å²) in [5.41, 5.74) is -0.456. The van der Waals surface area contributed by atoms with Gasteiger partial charge in [0.1, 0.15) is 11.4 Å². The minimum atomic E-state index is -0.458. The number of carbonyl (C=O) groups excluding carboxylic acids is 1. The van der Waals surface area contributed by atoms with Gasteiger partial charge in [0, 0.05) is 47.8 Å². The number of amides is 1. The first-order valence-electron chi connectivity index (χ1n) is 9.73. The molecule has 1 spiro atoms. The highest BCUT2D eigenvalue weighted by atomic mass is 32.1. The van der Waals surface area contributed by atoms with Gasteiger partial charge in [0.2, 0.25) is 0 Å². The summed E-state index contributed by atoms with van der Waals surface area (Å²) in [5.74, 6) is 0.947. The van der Waals surface area contributed by atoms with Crippen LogP contribution in [0.5, 0.6) is 0 Å². The number of aromatic nitrogens is 2. The van der Waals surface area contributed by atoms with Crippen LogP contribution in [0.1, 0.15) is 42.3 Å². The van der Waals surface area contributed by atoms with E-state index in [1.54, 1.807) is 0 Å². The minimum absolute atomic E-state index is 0.0276. The number of thiophene rings is 1. The summed E-state index contributed by atoms with van der Waals surface area (Å²) in [6.45, 7) is 9.52. The van der Waals surface area contributed by atoms with Crippen molar-refractivity contribution in [2.75, 3.05) is 13.1 Å². The number of carbonyl (C=O) groups is 1. The van der Waals surface area contributed by atoms with Crippen LogP contribution in [0.3, 0.4) is 0 Å². The molecule has 4 rings (SSSR count). The molecule has 0 unspecified atom stereocenters. The molecular formula is C20H28N4O2S. The number of hydrogen-bond acceptors (Lipinski definition) is 5. The fourth-order valence-electron chi connectivity index (χ4n) is 4.11. The molecule has 1 N–H and O–H groups in total. The summed E-state index contributed by atoms with van der Waals surface area (Å²) in [6, 6.07) is 4.52. The van der Waals surface area contributed by atoms with E-state index in [4.69, 9.17) is 4.74 Å². The number of imidazole rings is 1. The molecule has 1 saturated heterocycles. The third-order valence-electron chi connectivity index (χ3n) is 5.42. The average molecular weight is 389 g/mol. The molecule has 0 aliphatic carbocycles. The van der Waals surface area contributed by atoms with Crippen molar-refractivity contribution in [2.24, 2.45) is 0 Å². The van der Waals surface area contributed by atoms with Crippen LogP contribution in [0.15, 0.2) is 24.5 Å². The Kier molecular flexibility index (Phi) is 5.09. The van der Waals surface area contributed by atoms with Crippen molar-refractivity contribution < 1.29 is 9.53 Å². The Labute approximate surface area is 164 Å². The SMILES string of the molecule is Cc1ccc(CN2CCC3(CC2)O[C@@H](C(=O)NC(C)C)Cn2ccnc23)s1. The monoisotopic (exact) mass is 388 g/mol. The van der Waals surface area contributed by atoms with Gasteiger partial charge < -0.3 is 14.6 Å². The van der Waals surface area contributed by atoms with E-state index < -0.39 is 11.7 Å². The van der Waals surface area contributed by atoms with Gasteiger partial charge in [-0.2, -0.15) is 0 Å². The third kappa shape index (κ3) is 3.81. The van der Waals surface area contributed by atoms with Crippen LogP contribution in [0.25, 0.3) is 0 Å². The predicted octanol–water partition coefficient (Wildman–Crippen LogP) is 2.67. The highest BCUT2D eigenvalue weighted by Gasteiger charge is 2.47. The summed E-state index contributed by atoms with van der Waals surface area (Å²) >= 11 is 1.87. The van der Waals surface area contributed by atoms with E-state index in [2.05, 4.69) is 38.8 Å². The summed E-state index contributed by atoms with van der Waals surface area (Å²) in [6.07, 6.45) is 5.06. The number of rotatable bonds is 4. The Morgan fingerprint density at radius 1 is 1.41 bits per heavy atom. The molecule has 27 heavy (non-hydrogen) atoms. The van der Waals surface area contributed by atoms with Crippen molar-refractivity contribution in [1.29, 1.82) is 0 Å². The summed E-state index contributed by atoms with van der Waals surface area (Å²) < 4.78 is 8.55.